The maximum absolute atomic E-state index is 12.8. The van der Waals surface area contributed by atoms with Gasteiger partial charge in [0.25, 0.3) is 5.91 Å². The quantitative estimate of drug-likeness (QED) is 0.865. The number of aromatic nitrogens is 1. The number of nitrogens with two attached hydrogens (primary N) is 1. The predicted molar refractivity (Wildman–Crippen MR) is 93.7 cm³/mol. The summed E-state index contributed by atoms with van der Waals surface area (Å²) in [6.45, 7) is 0.854. The van der Waals surface area contributed by atoms with Gasteiger partial charge in [-0.05, 0) is 30.7 Å². The first kappa shape index (κ1) is 16.8. The number of rotatable bonds is 5. The zero-order chi connectivity index (χ0) is 17.8. The highest BCUT2D eigenvalue weighted by Crippen LogP contribution is 2.28. The normalized spacial score (nSPS) is 16.5. The molecule has 1 aromatic carbocycles. The Labute approximate surface area is 145 Å². The molecule has 1 atom stereocenters. The molecule has 1 saturated heterocycles. The molecule has 130 valence electrons. The van der Waals surface area contributed by atoms with Crippen molar-refractivity contribution >= 4 is 23.3 Å². The van der Waals surface area contributed by atoms with Gasteiger partial charge in [-0.15, -0.1) is 0 Å². The predicted octanol–water partition coefficient (Wildman–Crippen LogP) is 1.78. The number of hydrogen-bond acceptors (Lipinski definition) is 5. The molecule has 0 unspecified atom stereocenters. The number of para-hydroxylation sites is 2. The van der Waals surface area contributed by atoms with Gasteiger partial charge in [-0.2, -0.15) is 0 Å². The smallest absolute Gasteiger partial charge is 0.257 e. The molecular formula is C18H20N4O3. The third-order valence-corrected chi connectivity index (χ3v) is 4.28. The Morgan fingerprint density at radius 3 is 2.80 bits per heavy atom. The molecule has 0 radical (unpaired) electrons. The van der Waals surface area contributed by atoms with E-state index >= 15 is 0 Å². The first-order chi connectivity index (χ1) is 12.1. The van der Waals surface area contributed by atoms with E-state index in [0.29, 0.717) is 42.3 Å². The number of pyridine rings is 1. The van der Waals surface area contributed by atoms with Crippen molar-refractivity contribution in [1.29, 1.82) is 0 Å². The van der Waals surface area contributed by atoms with Crippen LogP contribution >= 0.6 is 0 Å². The van der Waals surface area contributed by atoms with Crippen molar-refractivity contribution < 1.29 is 14.3 Å². The van der Waals surface area contributed by atoms with E-state index in [1.807, 2.05) is 24.3 Å². The molecule has 1 aliphatic heterocycles. The molecule has 2 amide bonds. The molecule has 1 aliphatic rings. The first-order valence-electron chi connectivity index (χ1n) is 8.04. The maximum atomic E-state index is 12.8. The number of amides is 2. The summed E-state index contributed by atoms with van der Waals surface area (Å²) in [6, 6.07) is 10.8. The van der Waals surface area contributed by atoms with Crippen molar-refractivity contribution in [2.45, 2.75) is 6.42 Å². The lowest BCUT2D eigenvalue weighted by atomic mass is 10.1. The van der Waals surface area contributed by atoms with Crippen LogP contribution in [0.2, 0.25) is 0 Å². The zero-order valence-corrected chi connectivity index (χ0v) is 13.9. The summed E-state index contributed by atoms with van der Waals surface area (Å²) >= 11 is 0. The number of nitrogens with zero attached hydrogens (tertiary/aromatic N) is 2. The van der Waals surface area contributed by atoms with Gasteiger partial charge in [-0.1, -0.05) is 12.1 Å². The fourth-order valence-electron chi connectivity index (χ4n) is 2.90. The van der Waals surface area contributed by atoms with Crippen LogP contribution < -0.4 is 15.8 Å². The molecule has 7 nitrogen and oxygen atoms in total. The number of anilines is 2. The Balaban J connectivity index is 1.84. The van der Waals surface area contributed by atoms with E-state index in [0.717, 1.165) is 0 Å². The second-order valence-corrected chi connectivity index (χ2v) is 5.86. The largest absolute Gasteiger partial charge is 0.495 e. The van der Waals surface area contributed by atoms with E-state index in [-0.39, 0.29) is 17.7 Å². The molecule has 3 N–H and O–H groups in total. The van der Waals surface area contributed by atoms with E-state index in [1.54, 1.807) is 30.3 Å². The summed E-state index contributed by atoms with van der Waals surface area (Å²) in [5.41, 5.74) is 6.51. The molecule has 2 aromatic rings. The van der Waals surface area contributed by atoms with Crippen molar-refractivity contribution in [2.24, 2.45) is 11.7 Å². The Kier molecular flexibility index (Phi) is 4.83. The number of hydrogen-bond donors (Lipinski definition) is 2. The van der Waals surface area contributed by atoms with E-state index in [2.05, 4.69) is 10.3 Å². The number of methoxy groups -OCH3 is 1. The van der Waals surface area contributed by atoms with Gasteiger partial charge in [0.15, 0.2) is 0 Å². The minimum absolute atomic E-state index is 0.172. The lowest BCUT2D eigenvalue weighted by Gasteiger charge is -2.18. The Hall–Kier alpha value is -3.09. The summed E-state index contributed by atoms with van der Waals surface area (Å²) in [5, 5.41) is 3.16. The molecule has 0 bridgehead atoms. The Bertz CT molecular complexity index is 793. The average Bonchev–Trinajstić information content (AvgIpc) is 3.12. The Morgan fingerprint density at radius 1 is 1.28 bits per heavy atom. The second-order valence-electron chi connectivity index (χ2n) is 5.86. The second kappa shape index (κ2) is 7.21. The molecule has 3 rings (SSSR count). The fourth-order valence-corrected chi connectivity index (χ4v) is 2.90. The molecule has 2 heterocycles. The lowest BCUT2D eigenvalue weighted by molar-refractivity contribution is -0.121. The highest BCUT2D eigenvalue weighted by atomic mass is 16.5. The molecule has 25 heavy (non-hydrogen) atoms. The van der Waals surface area contributed by atoms with Crippen molar-refractivity contribution in [3.05, 3.63) is 48.2 Å². The van der Waals surface area contributed by atoms with E-state index in [4.69, 9.17) is 10.5 Å². The number of nitrogens with one attached hydrogen (secondary N) is 1. The summed E-state index contributed by atoms with van der Waals surface area (Å²) in [6.07, 6.45) is 2.21. The van der Waals surface area contributed by atoms with Gasteiger partial charge in [0, 0.05) is 19.3 Å². The topological polar surface area (TPSA) is 97.6 Å². The van der Waals surface area contributed by atoms with Crippen LogP contribution in [0.15, 0.2) is 42.6 Å². The summed E-state index contributed by atoms with van der Waals surface area (Å²) < 4.78 is 5.32. The minimum Gasteiger partial charge on any atom is -0.495 e. The zero-order valence-electron chi connectivity index (χ0n) is 13.9. The maximum Gasteiger partial charge on any atom is 0.257 e. The summed E-state index contributed by atoms with van der Waals surface area (Å²) in [5.74, 6) is 0.274. The lowest BCUT2D eigenvalue weighted by Crippen LogP contribution is -2.32. The number of likely N-dealkylation sites (tertiary alicyclic amines) is 1. The van der Waals surface area contributed by atoms with Crippen molar-refractivity contribution in [1.82, 2.24) is 9.88 Å². The number of ether oxygens (including phenoxy) is 1. The van der Waals surface area contributed by atoms with Crippen molar-refractivity contribution in [2.75, 3.05) is 25.5 Å². The van der Waals surface area contributed by atoms with Crippen LogP contribution in [0.4, 0.5) is 11.5 Å². The van der Waals surface area contributed by atoms with Crippen LogP contribution in [0.1, 0.15) is 16.8 Å². The van der Waals surface area contributed by atoms with Crippen LogP contribution in [-0.2, 0) is 4.79 Å². The van der Waals surface area contributed by atoms with Crippen LogP contribution in [0.3, 0.4) is 0 Å². The van der Waals surface area contributed by atoms with Gasteiger partial charge in [0.1, 0.15) is 11.6 Å². The van der Waals surface area contributed by atoms with Gasteiger partial charge >= 0.3 is 0 Å². The third-order valence-electron chi connectivity index (χ3n) is 4.28. The van der Waals surface area contributed by atoms with E-state index in [1.165, 1.54) is 0 Å². The van der Waals surface area contributed by atoms with Gasteiger partial charge < -0.3 is 20.7 Å². The minimum atomic E-state index is -0.367. The number of carbonyl (C=O) groups excluding carboxylic acids is 2. The average molecular weight is 340 g/mol. The highest BCUT2D eigenvalue weighted by molar-refractivity contribution is 6.00. The van der Waals surface area contributed by atoms with Gasteiger partial charge in [-0.25, -0.2) is 4.98 Å². The van der Waals surface area contributed by atoms with Crippen LogP contribution in [0.25, 0.3) is 0 Å². The van der Waals surface area contributed by atoms with Crippen LogP contribution in [0.5, 0.6) is 5.75 Å². The molecule has 1 fully saturated rings. The third kappa shape index (κ3) is 3.55. The fraction of sp³-hybridized carbons (Fsp3) is 0.278. The SMILES string of the molecule is COc1ccccc1Nc1ncccc1C(=O)N1CC[C@@H](C(N)=O)C1. The van der Waals surface area contributed by atoms with E-state index < -0.39 is 0 Å². The number of benzene rings is 1. The summed E-state index contributed by atoms with van der Waals surface area (Å²) in [7, 11) is 1.58. The van der Waals surface area contributed by atoms with E-state index in [9.17, 15) is 9.59 Å². The molecule has 1 aromatic heterocycles. The van der Waals surface area contributed by atoms with Gasteiger partial charge in [-0.3, -0.25) is 9.59 Å². The van der Waals surface area contributed by atoms with Gasteiger partial charge in [0.05, 0.1) is 24.3 Å². The monoisotopic (exact) mass is 340 g/mol. The van der Waals surface area contributed by atoms with Gasteiger partial charge in [0.2, 0.25) is 5.91 Å². The summed E-state index contributed by atoms with van der Waals surface area (Å²) in [4.78, 5) is 30.1. The Morgan fingerprint density at radius 2 is 2.08 bits per heavy atom. The molecular weight excluding hydrogens is 320 g/mol. The van der Waals surface area contributed by atoms with Crippen molar-refractivity contribution in [3.63, 3.8) is 0 Å². The molecule has 7 heteroatoms. The standard InChI is InChI=1S/C18H20N4O3/c1-25-15-7-3-2-6-14(15)21-17-13(5-4-9-20-17)18(24)22-10-8-12(11-22)16(19)23/h2-7,9,12H,8,10-11H2,1H3,(H2,19,23)(H,20,21)/t12-/m1/s1. The first-order valence-corrected chi connectivity index (χ1v) is 8.04. The van der Waals surface area contributed by atoms with Crippen LogP contribution in [0, 0.1) is 5.92 Å². The van der Waals surface area contributed by atoms with Crippen molar-refractivity contribution in [3.8, 4) is 5.75 Å². The molecule has 0 spiro atoms. The number of primary amides is 1. The molecule has 0 aliphatic carbocycles. The molecule has 0 saturated carbocycles. The highest BCUT2D eigenvalue weighted by Gasteiger charge is 2.31. The number of carbonyl (C=O) groups is 2. The van der Waals surface area contributed by atoms with Crippen LogP contribution in [-0.4, -0.2) is 41.9 Å².